The molecule has 0 aliphatic carbocycles. The quantitative estimate of drug-likeness (QED) is 0.0261. The molecule has 0 amide bonds. The molecule has 0 heterocycles. The van der Waals surface area contributed by atoms with Crippen LogP contribution in [0.15, 0.2) is 122 Å². The van der Waals surface area contributed by atoms with E-state index in [9.17, 15) is 14.4 Å². The van der Waals surface area contributed by atoms with Crippen molar-refractivity contribution >= 4 is 17.9 Å². The number of ether oxygens (including phenoxy) is 3. The van der Waals surface area contributed by atoms with E-state index in [2.05, 4.69) is 142 Å². The van der Waals surface area contributed by atoms with Crippen molar-refractivity contribution < 1.29 is 28.6 Å². The van der Waals surface area contributed by atoms with Gasteiger partial charge < -0.3 is 14.2 Å². The predicted octanol–water partition coefficient (Wildman–Crippen LogP) is 22.0. The van der Waals surface area contributed by atoms with Crippen LogP contribution in [0.5, 0.6) is 0 Å². The summed E-state index contributed by atoms with van der Waals surface area (Å²) in [5.41, 5.74) is 0. The van der Waals surface area contributed by atoms with Crippen molar-refractivity contribution in [2.45, 2.75) is 297 Å². The summed E-state index contributed by atoms with van der Waals surface area (Å²) in [5, 5.41) is 0. The van der Waals surface area contributed by atoms with Gasteiger partial charge in [-0.3, -0.25) is 14.4 Å². The molecular weight excluding hydrogens is 949 g/mol. The fraction of sp³-hybridized carbons (Fsp3) is 0.676. The molecule has 0 bridgehead atoms. The van der Waals surface area contributed by atoms with Crippen LogP contribution in [0.3, 0.4) is 0 Å². The molecule has 0 aromatic heterocycles. The third-order valence-electron chi connectivity index (χ3n) is 13.4. The molecule has 0 aliphatic heterocycles. The van der Waals surface area contributed by atoms with Crippen LogP contribution in [0.2, 0.25) is 0 Å². The monoisotopic (exact) mass is 1070 g/mol. The fourth-order valence-electron chi connectivity index (χ4n) is 8.62. The van der Waals surface area contributed by atoms with Crippen molar-refractivity contribution in [2.24, 2.45) is 0 Å². The van der Waals surface area contributed by atoms with Crippen LogP contribution >= 0.6 is 0 Å². The zero-order valence-electron chi connectivity index (χ0n) is 50.2. The van der Waals surface area contributed by atoms with Gasteiger partial charge in [-0.2, -0.15) is 0 Å². The maximum atomic E-state index is 12.9. The van der Waals surface area contributed by atoms with Gasteiger partial charge in [-0.25, -0.2) is 0 Å². The van der Waals surface area contributed by atoms with Gasteiger partial charge in [-0.15, -0.1) is 0 Å². The molecule has 0 fully saturated rings. The van der Waals surface area contributed by atoms with Crippen LogP contribution in [-0.2, 0) is 28.6 Å². The molecule has 77 heavy (non-hydrogen) atoms. The summed E-state index contributed by atoms with van der Waals surface area (Å²) in [4.78, 5) is 38.3. The van der Waals surface area contributed by atoms with E-state index < -0.39 is 6.10 Å². The zero-order valence-corrected chi connectivity index (χ0v) is 50.2. The average molecular weight is 1070 g/mol. The number of esters is 3. The summed E-state index contributed by atoms with van der Waals surface area (Å²) >= 11 is 0. The van der Waals surface area contributed by atoms with Crippen molar-refractivity contribution in [3.63, 3.8) is 0 Å². The van der Waals surface area contributed by atoms with Gasteiger partial charge in [0.1, 0.15) is 13.2 Å². The minimum absolute atomic E-state index is 0.0937. The zero-order chi connectivity index (χ0) is 55.7. The Hall–Kier alpha value is -4.19. The molecule has 0 spiro atoms. The summed E-state index contributed by atoms with van der Waals surface area (Å²) < 4.78 is 16.9. The lowest BCUT2D eigenvalue weighted by atomic mass is 10.1. The molecule has 1 unspecified atom stereocenters. The van der Waals surface area contributed by atoms with E-state index in [1.165, 1.54) is 116 Å². The first kappa shape index (κ1) is 72.8. The first-order chi connectivity index (χ1) is 38.0. The Balaban J connectivity index is 4.37. The summed E-state index contributed by atoms with van der Waals surface area (Å²) in [7, 11) is 0. The maximum Gasteiger partial charge on any atom is 0.306 e. The van der Waals surface area contributed by atoms with Crippen molar-refractivity contribution in [1.82, 2.24) is 0 Å². The number of unbranched alkanes of at least 4 members (excludes halogenated alkanes) is 26. The van der Waals surface area contributed by atoms with Gasteiger partial charge in [-0.05, 0) is 135 Å². The van der Waals surface area contributed by atoms with E-state index in [4.69, 9.17) is 14.2 Å². The highest BCUT2D eigenvalue weighted by Crippen LogP contribution is 2.15. The average Bonchev–Trinajstić information content (AvgIpc) is 3.43. The Labute approximate surface area is 475 Å². The van der Waals surface area contributed by atoms with Crippen molar-refractivity contribution in [2.75, 3.05) is 13.2 Å². The first-order valence-electron chi connectivity index (χ1n) is 32.0. The van der Waals surface area contributed by atoms with Gasteiger partial charge in [0.2, 0.25) is 0 Å². The summed E-state index contributed by atoms with van der Waals surface area (Å²) in [6.45, 7) is 6.48. The van der Waals surface area contributed by atoms with Crippen molar-refractivity contribution in [3.8, 4) is 0 Å². The van der Waals surface area contributed by atoms with E-state index in [1.54, 1.807) is 0 Å². The smallest absolute Gasteiger partial charge is 0.306 e. The molecule has 0 saturated heterocycles. The largest absolute Gasteiger partial charge is 0.462 e. The third kappa shape index (κ3) is 62.5. The van der Waals surface area contributed by atoms with Gasteiger partial charge >= 0.3 is 17.9 Å². The number of carbonyl (C=O) groups is 3. The van der Waals surface area contributed by atoms with Crippen LogP contribution in [-0.4, -0.2) is 37.2 Å². The molecule has 0 aromatic rings. The Morgan fingerprint density at radius 2 is 0.506 bits per heavy atom. The van der Waals surface area contributed by atoms with Crippen LogP contribution in [0.4, 0.5) is 0 Å². The number of hydrogen-bond donors (Lipinski definition) is 0. The van der Waals surface area contributed by atoms with Crippen LogP contribution in [0.25, 0.3) is 0 Å². The fourth-order valence-corrected chi connectivity index (χ4v) is 8.62. The standard InChI is InChI=1S/C71H118O6/c1-4-7-10-13-16-19-22-25-27-29-31-32-33-34-35-36-37-38-39-40-41-43-44-46-49-52-55-58-61-64-70(73)76-67-68(66-75-69(72)63-60-57-54-51-48-24-21-18-15-12-9-6-3)77-71(74)65-62-59-56-53-50-47-45-42-30-28-26-23-20-17-14-11-8-5-2/h7,10,16,18-19,21,25,27-28,30-32,34-35,37-38,40-41,44,46,68H,4-6,8-9,11-15,17,20,22-24,26,29,33,36,39,42-43,45,47-67H2,1-3H3/b10-7-,19-16-,21-18-,27-25-,30-28-,32-31-,35-34-,38-37-,41-40-,46-44-. The van der Waals surface area contributed by atoms with Gasteiger partial charge in [0.25, 0.3) is 0 Å². The predicted molar refractivity (Wildman–Crippen MR) is 334 cm³/mol. The Bertz CT molecular complexity index is 1600. The maximum absolute atomic E-state index is 12.9. The minimum atomic E-state index is -0.798. The normalized spacial score (nSPS) is 12.9. The lowest BCUT2D eigenvalue weighted by Gasteiger charge is -2.18. The first-order valence-corrected chi connectivity index (χ1v) is 32.0. The molecule has 0 aliphatic rings. The Morgan fingerprint density at radius 1 is 0.273 bits per heavy atom. The molecule has 0 radical (unpaired) electrons. The topological polar surface area (TPSA) is 78.9 Å². The van der Waals surface area contributed by atoms with Gasteiger partial charge in [0.15, 0.2) is 6.10 Å². The number of rotatable bonds is 57. The van der Waals surface area contributed by atoms with Gasteiger partial charge in [-0.1, -0.05) is 258 Å². The SMILES string of the molecule is CC/C=C\C/C=C\C/C=C\C/C=C\C/C=C\C/C=C\C/C=C\C/C=C\CCCCCCC(=O)OCC(COC(=O)CCCCCCC/C=C\CCCCC)OC(=O)CCCCCCCCC/C=C\CCCCCCCCC. The van der Waals surface area contributed by atoms with Crippen LogP contribution < -0.4 is 0 Å². The molecule has 0 saturated carbocycles. The minimum Gasteiger partial charge on any atom is -0.462 e. The second kappa shape index (κ2) is 64.3. The molecule has 6 nitrogen and oxygen atoms in total. The second-order valence-corrected chi connectivity index (χ2v) is 20.9. The molecular formula is C71H118O6. The van der Waals surface area contributed by atoms with Crippen molar-refractivity contribution in [3.05, 3.63) is 122 Å². The second-order valence-electron chi connectivity index (χ2n) is 20.9. The molecule has 0 aromatic carbocycles. The highest BCUT2D eigenvalue weighted by atomic mass is 16.6. The number of carbonyl (C=O) groups excluding carboxylic acids is 3. The van der Waals surface area contributed by atoms with E-state index >= 15 is 0 Å². The van der Waals surface area contributed by atoms with Gasteiger partial charge in [0.05, 0.1) is 0 Å². The number of allylic oxidation sites excluding steroid dienone is 20. The molecule has 0 rings (SSSR count). The highest BCUT2D eigenvalue weighted by Gasteiger charge is 2.19. The van der Waals surface area contributed by atoms with Gasteiger partial charge in [0, 0.05) is 19.3 Å². The lowest BCUT2D eigenvalue weighted by Crippen LogP contribution is -2.30. The Morgan fingerprint density at radius 3 is 0.831 bits per heavy atom. The van der Waals surface area contributed by atoms with E-state index in [1.807, 2.05) is 0 Å². The Kier molecular flexibility index (Phi) is 60.8. The van der Waals surface area contributed by atoms with E-state index in [0.717, 1.165) is 135 Å². The molecule has 438 valence electrons. The van der Waals surface area contributed by atoms with Crippen LogP contribution in [0.1, 0.15) is 290 Å². The van der Waals surface area contributed by atoms with E-state index in [-0.39, 0.29) is 31.1 Å². The molecule has 0 N–H and O–H groups in total. The van der Waals surface area contributed by atoms with Crippen molar-refractivity contribution in [1.29, 1.82) is 0 Å². The summed E-state index contributed by atoms with van der Waals surface area (Å²) in [6.07, 6.45) is 89.2. The summed E-state index contributed by atoms with van der Waals surface area (Å²) in [5.74, 6) is -0.929. The lowest BCUT2D eigenvalue weighted by molar-refractivity contribution is -0.167. The molecule has 6 heteroatoms. The number of hydrogen-bond acceptors (Lipinski definition) is 6. The molecule has 1 atom stereocenters. The third-order valence-corrected chi connectivity index (χ3v) is 13.4. The van der Waals surface area contributed by atoms with E-state index in [0.29, 0.717) is 19.3 Å². The highest BCUT2D eigenvalue weighted by molar-refractivity contribution is 5.71. The van der Waals surface area contributed by atoms with Crippen LogP contribution in [0, 0.1) is 0 Å². The summed E-state index contributed by atoms with van der Waals surface area (Å²) in [6, 6.07) is 0.